The highest BCUT2D eigenvalue weighted by molar-refractivity contribution is 7.51. The van der Waals surface area contributed by atoms with Crippen LogP contribution in [0.5, 0.6) is 0 Å². The number of nitro benzene ring substituents is 1. The first-order valence-corrected chi connectivity index (χ1v) is 7.38. The number of hydrogen-bond acceptors (Lipinski definition) is 5. The van der Waals surface area contributed by atoms with Gasteiger partial charge < -0.3 is 4.52 Å². The lowest BCUT2D eigenvalue weighted by molar-refractivity contribution is -0.384. The van der Waals surface area contributed by atoms with Crippen molar-refractivity contribution in [3.8, 4) is 0 Å². The number of nitro groups is 1. The summed E-state index contributed by atoms with van der Waals surface area (Å²) < 4.78 is 20.5. The Morgan fingerprint density at radius 3 is 2.53 bits per heavy atom. The summed E-state index contributed by atoms with van der Waals surface area (Å²) in [6, 6.07) is 5.87. The highest BCUT2D eigenvalue weighted by Crippen LogP contribution is 2.38. The normalized spacial score (nSPS) is 15.7. The molecule has 0 radical (unpaired) electrons. The summed E-state index contributed by atoms with van der Waals surface area (Å²) in [5.74, 6) is 0. The van der Waals surface area contributed by atoms with E-state index in [2.05, 4.69) is 4.52 Å². The van der Waals surface area contributed by atoms with Gasteiger partial charge in [-0.25, -0.2) is 10.1 Å². The van der Waals surface area contributed by atoms with Crippen LogP contribution >= 0.6 is 19.3 Å². The van der Waals surface area contributed by atoms with E-state index < -0.39 is 18.0 Å². The average Bonchev–Trinajstić information content (AvgIpc) is 2.38. The molecule has 0 saturated heterocycles. The predicted octanol–water partition coefficient (Wildman–Crippen LogP) is 2.99. The molecule has 2 atom stereocenters. The maximum absolute atomic E-state index is 11.2. The van der Waals surface area contributed by atoms with Gasteiger partial charge in [0, 0.05) is 19.2 Å². The first kappa shape index (κ1) is 16.1. The smallest absolute Gasteiger partial charge is 0.300 e. The molecule has 0 aliphatic rings. The summed E-state index contributed by atoms with van der Waals surface area (Å²) in [6.45, 7) is 0.0623. The Bertz CT molecular complexity index is 481. The van der Waals surface area contributed by atoms with Gasteiger partial charge in [0.25, 0.3) is 5.69 Å². The van der Waals surface area contributed by atoms with Gasteiger partial charge in [-0.3, -0.25) is 14.6 Å². The molecule has 7 nitrogen and oxygen atoms in total. The highest BCUT2D eigenvalue weighted by Gasteiger charge is 2.17. The fourth-order valence-corrected chi connectivity index (χ4v) is 2.01. The summed E-state index contributed by atoms with van der Waals surface area (Å²) in [7, 11) is -2.30. The molecule has 2 N–H and O–H groups in total. The van der Waals surface area contributed by atoms with Gasteiger partial charge >= 0.3 is 7.75 Å². The van der Waals surface area contributed by atoms with E-state index in [9.17, 15) is 14.7 Å². The molecular formula is C10H14ClN2O5P. The highest BCUT2D eigenvalue weighted by atomic mass is 35.5. The Labute approximate surface area is 115 Å². The van der Waals surface area contributed by atoms with Gasteiger partial charge in [-0.05, 0) is 12.0 Å². The topological polar surface area (TPSA) is 105 Å². The second-order valence-corrected chi connectivity index (χ2v) is 5.89. The van der Waals surface area contributed by atoms with Crippen molar-refractivity contribution in [2.45, 2.75) is 11.8 Å². The molecule has 19 heavy (non-hydrogen) atoms. The summed E-state index contributed by atoms with van der Waals surface area (Å²) in [6.07, 6.45) is 0.351. The van der Waals surface area contributed by atoms with E-state index >= 15 is 0 Å². The van der Waals surface area contributed by atoms with Crippen LogP contribution in [0.1, 0.15) is 17.4 Å². The molecular weight excluding hydrogens is 295 g/mol. The maximum atomic E-state index is 11.2. The summed E-state index contributed by atoms with van der Waals surface area (Å²) in [5, 5.41) is 10.1. The third-order valence-electron chi connectivity index (χ3n) is 2.36. The van der Waals surface area contributed by atoms with E-state index in [1.807, 2.05) is 0 Å². The second-order valence-electron chi connectivity index (χ2n) is 3.66. The molecule has 0 heterocycles. The zero-order chi connectivity index (χ0) is 14.5. The molecule has 0 fully saturated rings. The lowest BCUT2D eigenvalue weighted by Crippen LogP contribution is -2.04. The van der Waals surface area contributed by atoms with Crippen molar-refractivity contribution >= 4 is 25.0 Å². The van der Waals surface area contributed by atoms with Crippen molar-refractivity contribution < 1.29 is 18.5 Å². The van der Waals surface area contributed by atoms with Crippen molar-refractivity contribution in [1.82, 2.24) is 0 Å². The monoisotopic (exact) mass is 308 g/mol. The molecule has 1 aromatic rings. The Morgan fingerprint density at radius 1 is 1.47 bits per heavy atom. The van der Waals surface area contributed by atoms with Crippen LogP contribution in [0.3, 0.4) is 0 Å². The molecule has 0 aromatic heterocycles. The van der Waals surface area contributed by atoms with Crippen molar-refractivity contribution in [2.75, 3.05) is 13.7 Å². The van der Waals surface area contributed by atoms with Crippen LogP contribution in [0.15, 0.2) is 24.3 Å². The molecule has 106 valence electrons. The van der Waals surface area contributed by atoms with Gasteiger partial charge in [0.15, 0.2) is 0 Å². The minimum atomic E-state index is -3.49. The second kappa shape index (κ2) is 6.98. The fraction of sp³-hybridized carbons (Fsp3) is 0.400. The third kappa shape index (κ3) is 5.26. The zero-order valence-electron chi connectivity index (χ0n) is 10.2. The van der Waals surface area contributed by atoms with Crippen LogP contribution in [0.2, 0.25) is 0 Å². The molecule has 9 heteroatoms. The van der Waals surface area contributed by atoms with Gasteiger partial charge in [-0.1, -0.05) is 12.1 Å². The standard InChI is InChI=1S/C10H14ClN2O5P/c1-17-19(12,16)18-7-6-10(11)8-2-4-9(5-3-8)13(14)15/h2-5,10H,6-7H2,1H3,(H2,12,16). The van der Waals surface area contributed by atoms with Gasteiger partial charge in [0.05, 0.1) is 16.9 Å². The first-order valence-electron chi connectivity index (χ1n) is 5.33. The van der Waals surface area contributed by atoms with E-state index in [1.165, 1.54) is 19.2 Å². The summed E-state index contributed by atoms with van der Waals surface area (Å²) in [4.78, 5) is 10.0. The van der Waals surface area contributed by atoms with Gasteiger partial charge in [0.1, 0.15) is 0 Å². The van der Waals surface area contributed by atoms with Crippen molar-refractivity contribution in [1.29, 1.82) is 0 Å². The molecule has 0 aliphatic carbocycles. The fourth-order valence-electron chi connectivity index (χ4n) is 1.31. The minimum absolute atomic E-state index is 0.00490. The van der Waals surface area contributed by atoms with Crippen LogP contribution in [-0.4, -0.2) is 18.6 Å². The van der Waals surface area contributed by atoms with E-state index in [1.54, 1.807) is 12.1 Å². The van der Waals surface area contributed by atoms with E-state index in [0.29, 0.717) is 12.0 Å². The average molecular weight is 309 g/mol. The predicted molar refractivity (Wildman–Crippen MR) is 71.1 cm³/mol. The molecule has 0 saturated carbocycles. The number of nitrogens with two attached hydrogens (primary N) is 1. The molecule has 0 amide bonds. The van der Waals surface area contributed by atoms with Gasteiger partial charge in [-0.2, -0.15) is 0 Å². The van der Waals surface area contributed by atoms with Crippen LogP contribution in [0.25, 0.3) is 0 Å². The summed E-state index contributed by atoms with van der Waals surface area (Å²) >= 11 is 6.09. The van der Waals surface area contributed by atoms with Crippen molar-refractivity contribution in [3.63, 3.8) is 0 Å². The number of benzene rings is 1. The molecule has 2 unspecified atom stereocenters. The van der Waals surface area contributed by atoms with Gasteiger partial charge in [0.2, 0.25) is 0 Å². The van der Waals surface area contributed by atoms with Crippen LogP contribution in [0.4, 0.5) is 5.69 Å². The largest absolute Gasteiger partial charge is 0.402 e. The summed E-state index contributed by atoms with van der Waals surface area (Å²) in [5.41, 5.74) is 5.89. The molecule has 0 aliphatic heterocycles. The van der Waals surface area contributed by atoms with Crippen LogP contribution in [-0.2, 0) is 13.6 Å². The lowest BCUT2D eigenvalue weighted by Gasteiger charge is -2.13. The number of nitrogens with zero attached hydrogens (tertiary/aromatic N) is 1. The number of non-ortho nitro benzene ring substituents is 1. The Kier molecular flexibility index (Phi) is 5.90. The Hall–Kier alpha value is -0.980. The van der Waals surface area contributed by atoms with Crippen LogP contribution < -0.4 is 5.50 Å². The first-order chi connectivity index (χ1) is 8.85. The third-order valence-corrected chi connectivity index (χ3v) is 3.88. The Morgan fingerprint density at radius 2 is 2.05 bits per heavy atom. The van der Waals surface area contributed by atoms with Crippen molar-refractivity contribution in [2.24, 2.45) is 5.50 Å². The molecule has 1 aromatic carbocycles. The van der Waals surface area contributed by atoms with Crippen LogP contribution in [0, 0.1) is 10.1 Å². The number of hydrogen-bond donors (Lipinski definition) is 1. The quantitative estimate of drug-likeness (QED) is 0.359. The van der Waals surface area contributed by atoms with E-state index in [4.69, 9.17) is 21.6 Å². The lowest BCUT2D eigenvalue weighted by atomic mass is 10.1. The molecule has 1 rings (SSSR count). The Balaban J connectivity index is 2.52. The number of halogens is 1. The minimum Gasteiger partial charge on any atom is -0.300 e. The number of alkyl halides is 1. The maximum Gasteiger partial charge on any atom is 0.402 e. The molecule has 0 spiro atoms. The van der Waals surface area contributed by atoms with Crippen molar-refractivity contribution in [3.05, 3.63) is 39.9 Å². The van der Waals surface area contributed by atoms with E-state index in [-0.39, 0.29) is 12.3 Å². The zero-order valence-corrected chi connectivity index (χ0v) is 11.8. The van der Waals surface area contributed by atoms with Gasteiger partial charge in [-0.15, -0.1) is 11.6 Å². The SMILES string of the molecule is COP(N)(=O)OCCC(Cl)c1ccc([N+](=O)[O-])cc1. The van der Waals surface area contributed by atoms with E-state index in [0.717, 1.165) is 0 Å². The number of rotatable bonds is 7. The molecule has 0 bridgehead atoms.